The van der Waals surface area contributed by atoms with E-state index >= 15 is 0 Å². The van der Waals surface area contributed by atoms with Gasteiger partial charge in [-0.1, -0.05) is 186 Å². The number of aliphatic hydroxyl groups is 7. The first-order valence-corrected chi connectivity index (χ1v) is 27.9. The van der Waals surface area contributed by atoms with Gasteiger partial charge in [0.05, 0.1) is 19.8 Å². The molecule has 0 radical (unpaired) electrons. The fourth-order valence-corrected chi connectivity index (χ4v) is 8.84. The zero-order valence-corrected chi connectivity index (χ0v) is 43.5. The summed E-state index contributed by atoms with van der Waals surface area (Å²) in [5.74, 6) is -0.952. The van der Waals surface area contributed by atoms with Crippen LogP contribution in [0.25, 0.3) is 0 Å². The summed E-state index contributed by atoms with van der Waals surface area (Å²) in [6.07, 6.45) is 27.8. The first-order chi connectivity index (χ1) is 34.0. The van der Waals surface area contributed by atoms with E-state index in [1.54, 1.807) is 0 Å². The van der Waals surface area contributed by atoms with Crippen molar-refractivity contribution in [3.05, 3.63) is 24.3 Å². The smallest absolute Gasteiger partial charge is 0.306 e. The van der Waals surface area contributed by atoms with Crippen LogP contribution in [-0.2, 0) is 38.0 Å². The summed E-state index contributed by atoms with van der Waals surface area (Å²) in [5.41, 5.74) is 0. The molecule has 2 aliphatic rings. The monoisotopic (exact) mass is 1000 g/mol. The molecule has 11 atom stereocenters. The number of aliphatic hydroxyl groups excluding tert-OH is 7. The fourth-order valence-electron chi connectivity index (χ4n) is 8.84. The first kappa shape index (κ1) is 64.1. The Balaban J connectivity index is 1.78. The zero-order valence-electron chi connectivity index (χ0n) is 43.5. The number of carbonyl (C=O) groups excluding carboxylic acids is 2. The van der Waals surface area contributed by atoms with Gasteiger partial charge in [0.2, 0.25) is 0 Å². The van der Waals surface area contributed by atoms with Crippen LogP contribution in [0.2, 0.25) is 0 Å². The summed E-state index contributed by atoms with van der Waals surface area (Å²) in [4.78, 5) is 25.8. The van der Waals surface area contributed by atoms with E-state index in [1.807, 2.05) is 0 Å². The van der Waals surface area contributed by atoms with Crippen molar-refractivity contribution in [2.45, 2.75) is 287 Å². The van der Waals surface area contributed by atoms with Crippen molar-refractivity contribution < 1.29 is 73.8 Å². The van der Waals surface area contributed by atoms with E-state index in [-0.39, 0.29) is 26.1 Å². The number of carbonyl (C=O) groups is 2. The van der Waals surface area contributed by atoms with Gasteiger partial charge in [0.1, 0.15) is 55.4 Å². The number of esters is 2. The average molecular weight is 1000 g/mol. The van der Waals surface area contributed by atoms with E-state index in [2.05, 4.69) is 38.2 Å². The number of ether oxygens (including phenoxy) is 6. The molecule has 15 nitrogen and oxygen atoms in total. The molecule has 2 rings (SSSR count). The van der Waals surface area contributed by atoms with Crippen molar-refractivity contribution in [2.24, 2.45) is 0 Å². The third-order valence-corrected chi connectivity index (χ3v) is 13.4. The fraction of sp³-hybridized carbons (Fsp3) is 0.891. The molecular weight excluding hydrogens is 901 g/mol. The summed E-state index contributed by atoms with van der Waals surface area (Å²) in [6.45, 7) is 2.58. The summed E-state index contributed by atoms with van der Waals surface area (Å²) < 4.78 is 33.6. The van der Waals surface area contributed by atoms with Gasteiger partial charge in [-0.25, -0.2) is 0 Å². The van der Waals surface area contributed by atoms with E-state index in [0.717, 1.165) is 44.9 Å². The predicted molar refractivity (Wildman–Crippen MR) is 271 cm³/mol. The van der Waals surface area contributed by atoms with Crippen LogP contribution in [0.4, 0.5) is 0 Å². The molecule has 4 unspecified atom stereocenters. The summed E-state index contributed by atoms with van der Waals surface area (Å²) in [5, 5.41) is 72.2. The zero-order chi connectivity index (χ0) is 51.0. The molecule has 2 heterocycles. The average Bonchev–Trinajstić information content (AvgIpc) is 3.35. The Bertz CT molecular complexity index is 1310. The minimum Gasteiger partial charge on any atom is -0.462 e. The van der Waals surface area contributed by atoms with Crippen molar-refractivity contribution in [1.82, 2.24) is 0 Å². The molecule has 2 saturated heterocycles. The van der Waals surface area contributed by atoms with Gasteiger partial charge in [-0.15, -0.1) is 0 Å². The maximum Gasteiger partial charge on any atom is 0.306 e. The molecule has 2 aliphatic heterocycles. The molecule has 0 amide bonds. The Hall–Kier alpha value is -2.02. The third kappa shape index (κ3) is 29.6. The molecule has 0 saturated carbocycles. The maximum absolute atomic E-state index is 13.0. The van der Waals surface area contributed by atoms with Gasteiger partial charge < -0.3 is 64.2 Å². The lowest BCUT2D eigenvalue weighted by Crippen LogP contribution is -2.61. The lowest BCUT2D eigenvalue weighted by Gasteiger charge is -2.42. The van der Waals surface area contributed by atoms with Crippen molar-refractivity contribution in [2.75, 3.05) is 26.4 Å². The number of hydrogen-bond donors (Lipinski definition) is 7. The van der Waals surface area contributed by atoms with Crippen LogP contribution in [-0.4, -0.2) is 142 Å². The molecule has 70 heavy (non-hydrogen) atoms. The molecule has 0 spiro atoms. The highest BCUT2D eigenvalue weighted by Gasteiger charge is 2.47. The van der Waals surface area contributed by atoms with Crippen LogP contribution in [0.15, 0.2) is 24.3 Å². The second kappa shape index (κ2) is 42.3. The Morgan fingerprint density at radius 3 is 1.36 bits per heavy atom. The van der Waals surface area contributed by atoms with Gasteiger partial charge in [0.15, 0.2) is 18.7 Å². The lowest BCUT2D eigenvalue weighted by molar-refractivity contribution is -0.332. The largest absolute Gasteiger partial charge is 0.462 e. The van der Waals surface area contributed by atoms with E-state index in [9.17, 15) is 45.3 Å². The minimum atomic E-state index is -1.77. The number of allylic oxidation sites excluding steroid dienone is 4. The summed E-state index contributed by atoms with van der Waals surface area (Å²) in [6, 6.07) is 0. The quantitative estimate of drug-likeness (QED) is 0.0172. The Kier molecular flexibility index (Phi) is 38.8. The second-order valence-electron chi connectivity index (χ2n) is 19.8. The van der Waals surface area contributed by atoms with E-state index < -0.39 is 92.7 Å². The molecule has 7 N–H and O–H groups in total. The normalized spacial score (nSPS) is 25.5. The Labute approximate surface area is 422 Å². The molecular formula is C55H100O15. The van der Waals surface area contributed by atoms with Crippen LogP contribution in [0.5, 0.6) is 0 Å². The number of rotatable bonds is 44. The van der Waals surface area contributed by atoms with Crippen molar-refractivity contribution in [3.63, 3.8) is 0 Å². The molecule has 0 aliphatic carbocycles. The van der Waals surface area contributed by atoms with Gasteiger partial charge in [0, 0.05) is 12.8 Å². The third-order valence-electron chi connectivity index (χ3n) is 13.4. The molecule has 0 aromatic carbocycles. The van der Waals surface area contributed by atoms with Crippen molar-refractivity contribution in [1.29, 1.82) is 0 Å². The van der Waals surface area contributed by atoms with Crippen LogP contribution < -0.4 is 0 Å². The summed E-state index contributed by atoms with van der Waals surface area (Å²) in [7, 11) is 0. The number of unbranched alkanes of at least 4 members (excludes halogenated alkanes) is 26. The predicted octanol–water partition coefficient (Wildman–Crippen LogP) is 8.72. The minimum absolute atomic E-state index is 0.163. The second-order valence-corrected chi connectivity index (χ2v) is 19.8. The van der Waals surface area contributed by atoms with Crippen LogP contribution in [0.1, 0.15) is 219 Å². The lowest BCUT2D eigenvalue weighted by atomic mass is 9.98. The Morgan fingerprint density at radius 2 is 0.857 bits per heavy atom. The van der Waals surface area contributed by atoms with Crippen LogP contribution >= 0.6 is 0 Å². The molecule has 15 heteroatoms. The van der Waals surface area contributed by atoms with Crippen molar-refractivity contribution in [3.8, 4) is 0 Å². The highest BCUT2D eigenvalue weighted by Crippen LogP contribution is 2.27. The van der Waals surface area contributed by atoms with E-state index in [1.165, 1.54) is 135 Å². The van der Waals surface area contributed by atoms with Gasteiger partial charge >= 0.3 is 11.9 Å². The van der Waals surface area contributed by atoms with Crippen LogP contribution in [0, 0.1) is 0 Å². The highest BCUT2D eigenvalue weighted by molar-refractivity contribution is 5.70. The Morgan fingerprint density at radius 1 is 0.457 bits per heavy atom. The van der Waals surface area contributed by atoms with Gasteiger partial charge in [-0.05, 0) is 44.9 Å². The standard InChI is InChI=1S/C55H100O15/c1-3-5-7-9-11-13-15-17-19-20-21-22-24-26-28-30-32-34-36-38-47(58)68-43(40-65-46(57)37-35-33-31-29-27-25-23-18-16-14-12-10-8-6-4-2)41-66-54-53(64)51(62)49(60)45(70-54)42-67-55-52(63)50(61)48(59)44(39-56)69-55/h18,23,27,29,43-45,48-56,59-64H,3-17,19-22,24-26,28,30-42H2,1-2H3/b23-18+,29-27+/t43-,44+,45+,48-,49-,50?,51?,52?,53?,54+,55+/m1/s1. The van der Waals surface area contributed by atoms with E-state index in [4.69, 9.17) is 28.4 Å². The molecule has 0 bridgehead atoms. The first-order valence-electron chi connectivity index (χ1n) is 27.9. The highest BCUT2D eigenvalue weighted by atomic mass is 16.7. The van der Waals surface area contributed by atoms with Gasteiger partial charge in [0.25, 0.3) is 0 Å². The molecule has 410 valence electrons. The molecule has 0 aromatic heterocycles. The van der Waals surface area contributed by atoms with Gasteiger partial charge in [-0.2, -0.15) is 0 Å². The van der Waals surface area contributed by atoms with Crippen molar-refractivity contribution >= 4 is 11.9 Å². The maximum atomic E-state index is 13.0. The SMILES string of the molecule is CCCCCCCC/C=C/C/C=C/CCCCC(=O)OC[C@H](CO[C@H]1O[C@@H](CO[C@H]2O[C@@H](CO)[C@@H](O)C(O)C2O)[C@@H](O)C(O)C1O)OC(=O)CCCCCCCCCCCCCCCCCCCCC. The van der Waals surface area contributed by atoms with Gasteiger partial charge in [-0.3, -0.25) is 9.59 Å². The molecule has 0 aromatic rings. The number of hydrogen-bond acceptors (Lipinski definition) is 15. The molecule has 2 fully saturated rings. The topological polar surface area (TPSA) is 231 Å². The van der Waals surface area contributed by atoms with Crippen LogP contribution in [0.3, 0.4) is 0 Å². The van der Waals surface area contributed by atoms with E-state index in [0.29, 0.717) is 12.8 Å². The summed E-state index contributed by atoms with van der Waals surface area (Å²) >= 11 is 0.